The second kappa shape index (κ2) is 8.00. The first-order valence-corrected chi connectivity index (χ1v) is 11.0. The van der Waals surface area contributed by atoms with Gasteiger partial charge in [0.2, 0.25) is 5.91 Å². The summed E-state index contributed by atoms with van der Waals surface area (Å²) in [5.41, 5.74) is 0.00304. The molecule has 0 saturated heterocycles. The van der Waals surface area contributed by atoms with E-state index in [1.54, 1.807) is 39.0 Å². The summed E-state index contributed by atoms with van der Waals surface area (Å²) in [5, 5.41) is 13.8. The highest BCUT2D eigenvalue weighted by molar-refractivity contribution is 7.92. The first-order valence-electron chi connectivity index (χ1n) is 9.40. The van der Waals surface area contributed by atoms with Crippen LogP contribution in [0.3, 0.4) is 0 Å². The number of benzene rings is 2. The number of fused-ring (bicyclic) bond motifs is 1. The zero-order chi connectivity index (χ0) is 21.2. The van der Waals surface area contributed by atoms with E-state index in [-0.39, 0.29) is 23.8 Å². The maximum Gasteiger partial charge on any atom is 0.224 e. The Morgan fingerprint density at radius 1 is 1.14 bits per heavy atom. The SMILES string of the molecule is CC(C)S(=O)(=O)c1ccc(CC(=O)NC[C@](C)(O)c2cc3ccccc3o2)cc1. The molecule has 1 aromatic heterocycles. The fourth-order valence-corrected chi connectivity index (χ4v) is 3.98. The predicted octanol–water partition coefficient (Wildman–Crippen LogP) is 3.18. The summed E-state index contributed by atoms with van der Waals surface area (Å²) >= 11 is 0. The van der Waals surface area contributed by atoms with Crippen LogP contribution in [-0.4, -0.2) is 31.2 Å². The van der Waals surface area contributed by atoms with Crippen LogP contribution in [0.25, 0.3) is 11.0 Å². The normalized spacial score (nSPS) is 14.1. The summed E-state index contributed by atoms with van der Waals surface area (Å²) in [6, 6.07) is 15.5. The van der Waals surface area contributed by atoms with Crippen LogP contribution < -0.4 is 5.32 Å². The summed E-state index contributed by atoms with van der Waals surface area (Å²) < 4.78 is 30.0. The lowest BCUT2D eigenvalue weighted by Gasteiger charge is -2.21. The molecule has 7 heteroatoms. The number of aliphatic hydroxyl groups is 1. The first kappa shape index (κ1) is 21.1. The summed E-state index contributed by atoms with van der Waals surface area (Å²) in [5.74, 6) is 0.100. The number of amides is 1. The van der Waals surface area contributed by atoms with Crippen molar-refractivity contribution in [1.29, 1.82) is 0 Å². The van der Waals surface area contributed by atoms with Crippen LogP contribution in [0.4, 0.5) is 0 Å². The molecular formula is C22H25NO5S. The third-order valence-corrected chi connectivity index (χ3v) is 6.99. The molecule has 0 spiro atoms. The molecule has 0 radical (unpaired) electrons. The van der Waals surface area contributed by atoms with Gasteiger partial charge in [-0.25, -0.2) is 8.42 Å². The van der Waals surface area contributed by atoms with E-state index in [4.69, 9.17) is 4.42 Å². The van der Waals surface area contributed by atoms with Crippen molar-refractivity contribution in [2.45, 2.75) is 42.9 Å². The molecule has 1 amide bonds. The number of nitrogens with one attached hydrogen (secondary N) is 1. The van der Waals surface area contributed by atoms with E-state index in [0.717, 1.165) is 5.39 Å². The summed E-state index contributed by atoms with van der Waals surface area (Å²) in [6.45, 7) is 4.83. The van der Waals surface area contributed by atoms with E-state index in [1.165, 1.54) is 12.1 Å². The van der Waals surface area contributed by atoms with Crippen molar-refractivity contribution in [3.8, 4) is 0 Å². The molecular weight excluding hydrogens is 390 g/mol. The number of rotatable bonds is 7. The Morgan fingerprint density at radius 3 is 2.41 bits per heavy atom. The van der Waals surface area contributed by atoms with E-state index < -0.39 is 20.7 Å². The van der Waals surface area contributed by atoms with Gasteiger partial charge < -0.3 is 14.8 Å². The van der Waals surface area contributed by atoms with Gasteiger partial charge in [0.05, 0.1) is 23.1 Å². The maximum atomic E-state index is 12.3. The third-order valence-electron chi connectivity index (χ3n) is 4.82. The molecule has 0 unspecified atom stereocenters. The molecule has 2 N–H and O–H groups in total. The van der Waals surface area contributed by atoms with Crippen molar-refractivity contribution in [2.75, 3.05) is 6.54 Å². The molecule has 154 valence electrons. The second-order valence-corrected chi connectivity index (χ2v) is 10.1. The van der Waals surface area contributed by atoms with Crippen LogP contribution in [0, 0.1) is 0 Å². The van der Waals surface area contributed by atoms with Crippen molar-refractivity contribution >= 4 is 26.7 Å². The molecule has 1 atom stereocenters. The Labute approximate surface area is 170 Å². The molecule has 3 aromatic rings. The molecule has 2 aromatic carbocycles. The van der Waals surface area contributed by atoms with Crippen LogP contribution in [0.1, 0.15) is 32.1 Å². The van der Waals surface area contributed by atoms with Crippen molar-refractivity contribution < 1.29 is 22.7 Å². The number of hydrogen-bond donors (Lipinski definition) is 2. The van der Waals surface area contributed by atoms with Crippen molar-refractivity contribution in [1.82, 2.24) is 5.32 Å². The number of furan rings is 1. The van der Waals surface area contributed by atoms with Gasteiger partial charge in [-0.15, -0.1) is 0 Å². The van der Waals surface area contributed by atoms with Crippen molar-refractivity contribution in [2.24, 2.45) is 0 Å². The number of sulfone groups is 1. The maximum absolute atomic E-state index is 12.3. The van der Waals surface area contributed by atoms with Crippen LogP contribution in [-0.2, 0) is 26.7 Å². The average Bonchev–Trinajstić information content (AvgIpc) is 3.12. The Kier molecular flexibility index (Phi) is 5.82. The Bertz CT molecular complexity index is 1080. The lowest BCUT2D eigenvalue weighted by atomic mass is 10.0. The van der Waals surface area contributed by atoms with E-state index in [9.17, 15) is 18.3 Å². The quantitative estimate of drug-likeness (QED) is 0.618. The first-order chi connectivity index (χ1) is 13.6. The standard InChI is InChI=1S/C22H25NO5S/c1-15(2)29(26,27)18-10-8-16(9-11-18)12-21(24)23-14-22(3,25)20-13-17-6-4-5-7-19(17)28-20/h4-11,13,15,25H,12,14H2,1-3H3,(H,23,24)/t22-/m0/s1. The molecule has 0 aliphatic rings. The number of carbonyl (C=O) groups is 1. The zero-order valence-electron chi connectivity index (χ0n) is 16.7. The molecule has 0 aliphatic carbocycles. The highest BCUT2D eigenvalue weighted by atomic mass is 32.2. The fraction of sp³-hybridized carbons (Fsp3) is 0.318. The summed E-state index contributed by atoms with van der Waals surface area (Å²) in [4.78, 5) is 12.5. The highest BCUT2D eigenvalue weighted by Gasteiger charge is 2.28. The lowest BCUT2D eigenvalue weighted by Crippen LogP contribution is -2.39. The van der Waals surface area contributed by atoms with Crippen LogP contribution in [0.5, 0.6) is 0 Å². The van der Waals surface area contributed by atoms with E-state index in [1.807, 2.05) is 24.3 Å². The molecule has 29 heavy (non-hydrogen) atoms. The fourth-order valence-electron chi connectivity index (χ4n) is 2.92. The third kappa shape index (κ3) is 4.68. The zero-order valence-corrected chi connectivity index (χ0v) is 17.5. The Balaban J connectivity index is 1.62. The summed E-state index contributed by atoms with van der Waals surface area (Å²) in [6.07, 6.45) is 0.0816. The van der Waals surface area contributed by atoms with E-state index >= 15 is 0 Å². The number of para-hydroxylation sites is 1. The minimum atomic E-state index is -3.34. The Hall–Kier alpha value is -2.64. The van der Waals surface area contributed by atoms with Gasteiger partial charge in [0.25, 0.3) is 0 Å². The monoisotopic (exact) mass is 415 g/mol. The van der Waals surface area contributed by atoms with Crippen molar-refractivity contribution in [3.63, 3.8) is 0 Å². The molecule has 0 aliphatic heterocycles. The second-order valence-electron chi connectivity index (χ2n) is 7.61. The topological polar surface area (TPSA) is 96.6 Å². The number of carbonyl (C=O) groups excluding carboxylic acids is 1. The molecule has 0 fully saturated rings. The Morgan fingerprint density at radius 2 is 1.79 bits per heavy atom. The highest BCUT2D eigenvalue weighted by Crippen LogP contribution is 2.27. The molecule has 0 saturated carbocycles. The van der Waals surface area contributed by atoms with Gasteiger partial charge in [0, 0.05) is 5.39 Å². The van der Waals surface area contributed by atoms with Gasteiger partial charge in [-0.2, -0.15) is 0 Å². The van der Waals surface area contributed by atoms with Crippen LogP contribution >= 0.6 is 0 Å². The van der Waals surface area contributed by atoms with Gasteiger partial charge in [-0.05, 0) is 50.6 Å². The van der Waals surface area contributed by atoms with Crippen molar-refractivity contribution in [3.05, 3.63) is 65.9 Å². The molecule has 0 bridgehead atoms. The van der Waals surface area contributed by atoms with E-state index in [2.05, 4.69) is 5.32 Å². The average molecular weight is 416 g/mol. The van der Waals surface area contributed by atoms with Crippen LogP contribution in [0.2, 0.25) is 0 Å². The predicted molar refractivity (Wildman–Crippen MR) is 111 cm³/mol. The van der Waals surface area contributed by atoms with Gasteiger partial charge in [0.15, 0.2) is 9.84 Å². The minimum absolute atomic E-state index is 0.00846. The minimum Gasteiger partial charge on any atom is -0.458 e. The van der Waals surface area contributed by atoms with Gasteiger partial charge >= 0.3 is 0 Å². The molecule has 6 nitrogen and oxygen atoms in total. The number of hydrogen-bond acceptors (Lipinski definition) is 5. The largest absolute Gasteiger partial charge is 0.458 e. The molecule has 3 rings (SSSR count). The molecule has 1 heterocycles. The van der Waals surface area contributed by atoms with E-state index in [0.29, 0.717) is 16.9 Å². The summed E-state index contributed by atoms with van der Waals surface area (Å²) in [7, 11) is -3.34. The van der Waals surface area contributed by atoms with Gasteiger partial charge in [0.1, 0.15) is 16.9 Å². The van der Waals surface area contributed by atoms with Gasteiger partial charge in [-0.1, -0.05) is 30.3 Å². The lowest BCUT2D eigenvalue weighted by molar-refractivity contribution is -0.121. The van der Waals surface area contributed by atoms with Crippen LogP contribution in [0.15, 0.2) is 63.9 Å². The van der Waals surface area contributed by atoms with Gasteiger partial charge in [-0.3, -0.25) is 4.79 Å². The smallest absolute Gasteiger partial charge is 0.224 e.